The predicted octanol–water partition coefficient (Wildman–Crippen LogP) is 3.88. The standard InChI is InChI=1S/C26H25N3O2S2/c1-3-15-32-26-27-24-23(25(30)29(26)19-9-11-20(31-2)12-10-19)21-13-14-28(17-22(21)33-24)16-18-7-5-4-6-8-18/h3-12H,1,13-17H2,2H3/p+1. The van der Waals surface area contributed by atoms with E-state index in [0.29, 0.717) is 10.9 Å². The van der Waals surface area contributed by atoms with Gasteiger partial charge in [-0.3, -0.25) is 9.36 Å². The van der Waals surface area contributed by atoms with Crippen molar-refractivity contribution in [3.8, 4) is 11.4 Å². The Kier molecular flexibility index (Phi) is 6.35. The van der Waals surface area contributed by atoms with Gasteiger partial charge in [-0.15, -0.1) is 17.9 Å². The minimum atomic E-state index is 0.0146. The molecule has 4 aromatic rings. The monoisotopic (exact) mass is 476 g/mol. The molecule has 168 valence electrons. The number of hydrogen-bond donors (Lipinski definition) is 1. The van der Waals surface area contributed by atoms with Crippen LogP contribution < -0.4 is 15.2 Å². The Balaban J connectivity index is 1.56. The van der Waals surface area contributed by atoms with Crippen molar-refractivity contribution in [1.82, 2.24) is 9.55 Å². The summed E-state index contributed by atoms with van der Waals surface area (Å²) >= 11 is 3.21. The van der Waals surface area contributed by atoms with Gasteiger partial charge in [0.1, 0.15) is 23.7 Å². The van der Waals surface area contributed by atoms with Crippen molar-refractivity contribution in [3.05, 3.63) is 93.6 Å². The Morgan fingerprint density at radius 2 is 2.00 bits per heavy atom. The van der Waals surface area contributed by atoms with E-state index < -0.39 is 0 Å². The summed E-state index contributed by atoms with van der Waals surface area (Å²) in [6.45, 7) is 6.78. The van der Waals surface area contributed by atoms with Crippen molar-refractivity contribution < 1.29 is 9.64 Å². The summed E-state index contributed by atoms with van der Waals surface area (Å²) in [5, 5.41) is 1.48. The summed E-state index contributed by atoms with van der Waals surface area (Å²) in [5.41, 5.74) is 3.35. The molecule has 33 heavy (non-hydrogen) atoms. The summed E-state index contributed by atoms with van der Waals surface area (Å²) < 4.78 is 7.04. The topological polar surface area (TPSA) is 48.6 Å². The maximum Gasteiger partial charge on any atom is 0.267 e. The van der Waals surface area contributed by atoms with Gasteiger partial charge in [-0.2, -0.15) is 0 Å². The molecule has 1 atom stereocenters. The zero-order valence-electron chi connectivity index (χ0n) is 18.5. The lowest BCUT2D eigenvalue weighted by molar-refractivity contribution is -0.929. The molecule has 1 aliphatic heterocycles. The first-order valence-electron chi connectivity index (χ1n) is 11.0. The van der Waals surface area contributed by atoms with E-state index in [-0.39, 0.29) is 5.56 Å². The lowest BCUT2D eigenvalue weighted by atomic mass is 10.0. The van der Waals surface area contributed by atoms with Crippen LogP contribution >= 0.6 is 23.1 Å². The molecule has 1 N–H and O–H groups in total. The van der Waals surface area contributed by atoms with E-state index in [4.69, 9.17) is 9.72 Å². The van der Waals surface area contributed by atoms with E-state index in [1.54, 1.807) is 23.0 Å². The van der Waals surface area contributed by atoms with E-state index in [1.165, 1.54) is 32.7 Å². The number of rotatable bonds is 7. The number of fused-ring (bicyclic) bond motifs is 3. The molecular formula is C26H26N3O2S2+. The van der Waals surface area contributed by atoms with E-state index in [2.05, 4.69) is 36.9 Å². The number of aromatic nitrogens is 2. The van der Waals surface area contributed by atoms with Crippen LogP contribution in [0.1, 0.15) is 16.0 Å². The molecule has 3 heterocycles. The van der Waals surface area contributed by atoms with Crippen LogP contribution in [0.25, 0.3) is 15.9 Å². The fraction of sp³-hybridized carbons (Fsp3) is 0.231. The number of nitrogens with one attached hydrogen (secondary N) is 1. The Morgan fingerprint density at radius 1 is 1.21 bits per heavy atom. The first-order valence-corrected chi connectivity index (χ1v) is 12.8. The second-order valence-electron chi connectivity index (χ2n) is 8.11. The SMILES string of the molecule is C=CCSc1nc2sc3c(c2c(=O)n1-c1ccc(OC)cc1)CC[NH+](Cc1ccccc1)C3. The van der Waals surface area contributed by atoms with Gasteiger partial charge in [-0.05, 0) is 29.8 Å². The summed E-state index contributed by atoms with van der Waals surface area (Å²) in [7, 11) is 1.64. The molecule has 0 amide bonds. The lowest BCUT2D eigenvalue weighted by Crippen LogP contribution is -3.10. The molecule has 5 rings (SSSR count). The van der Waals surface area contributed by atoms with Crippen molar-refractivity contribution in [2.45, 2.75) is 24.7 Å². The highest BCUT2D eigenvalue weighted by Gasteiger charge is 2.27. The molecule has 0 saturated carbocycles. The first-order chi connectivity index (χ1) is 16.2. The van der Waals surface area contributed by atoms with E-state index in [1.807, 2.05) is 30.3 Å². The molecule has 2 aromatic heterocycles. The predicted molar refractivity (Wildman–Crippen MR) is 136 cm³/mol. The van der Waals surface area contributed by atoms with E-state index in [9.17, 15) is 4.79 Å². The first kappa shape index (κ1) is 21.9. The summed E-state index contributed by atoms with van der Waals surface area (Å²) in [6, 6.07) is 18.2. The third-order valence-electron chi connectivity index (χ3n) is 5.97. The van der Waals surface area contributed by atoms with Crippen molar-refractivity contribution in [2.75, 3.05) is 19.4 Å². The molecule has 1 aliphatic rings. The summed E-state index contributed by atoms with van der Waals surface area (Å²) in [6.07, 6.45) is 2.74. The second kappa shape index (κ2) is 9.55. The molecule has 5 nitrogen and oxygen atoms in total. The van der Waals surface area contributed by atoms with Gasteiger partial charge in [0, 0.05) is 17.7 Å². The molecule has 0 spiro atoms. The molecule has 0 fully saturated rings. The van der Waals surface area contributed by atoms with Crippen molar-refractivity contribution in [3.63, 3.8) is 0 Å². The van der Waals surface area contributed by atoms with Gasteiger partial charge < -0.3 is 9.64 Å². The van der Waals surface area contributed by atoms with Gasteiger partial charge in [0.15, 0.2) is 5.16 Å². The Morgan fingerprint density at radius 3 is 2.73 bits per heavy atom. The molecule has 7 heteroatoms. The Hall–Kier alpha value is -2.87. The zero-order chi connectivity index (χ0) is 22.8. The molecular weight excluding hydrogens is 450 g/mol. The second-order valence-corrected chi connectivity index (χ2v) is 10.2. The van der Waals surface area contributed by atoms with Crippen LogP contribution in [0.3, 0.4) is 0 Å². The normalized spacial score (nSPS) is 15.4. The van der Waals surface area contributed by atoms with Crippen LogP contribution in [0.5, 0.6) is 5.75 Å². The van der Waals surface area contributed by atoms with Crippen molar-refractivity contribution >= 4 is 33.3 Å². The van der Waals surface area contributed by atoms with Crippen LogP contribution in [0.2, 0.25) is 0 Å². The van der Waals surface area contributed by atoms with Crippen LogP contribution in [0.4, 0.5) is 0 Å². The molecule has 0 bridgehead atoms. The van der Waals surface area contributed by atoms with E-state index in [0.717, 1.165) is 47.7 Å². The van der Waals surface area contributed by atoms with E-state index >= 15 is 0 Å². The molecule has 2 aromatic carbocycles. The smallest absolute Gasteiger partial charge is 0.267 e. The molecule has 0 aliphatic carbocycles. The highest BCUT2D eigenvalue weighted by molar-refractivity contribution is 7.99. The maximum absolute atomic E-state index is 13.8. The average Bonchev–Trinajstić information content (AvgIpc) is 3.21. The fourth-order valence-corrected chi connectivity index (χ4v) is 6.46. The van der Waals surface area contributed by atoms with Crippen LogP contribution in [-0.4, -0.2) is 29.0 Å². The number of quaternary nitrogens is 1. The Bertz CT molecular complexity index is 1340. The van der Waals surface area contributed by atoms with Crippen LogP contribution in [-0.2, 0) is 19.5 Å². The number of thioether (sulfide) groups is 1. The third-order valence-corrected chi connectivity index (χ3v) is 8.03. The third kappa shape index (κ3) is 4.36. The molecule has 0 radical (unpaired) electrons. The number of ether oxygens (including phenoxy) is 1. The highest BCUT2D eigenvalue weighted by Crippen LogP contribution is 2.32. The Labute approximate surface area is 201 Å². The van der Waals surface area contributed by atoms with Gasteiger partial charge in [-0.25, -0.2) is 4.98 Å². The number of methoxy groups -OCH3 is 1. The number of benzene rings is 2. The van der Waals surface area contributed by atoms with Crippen LogP contribution in [0, 0.1) is 0 Å². The van der Waals surface area contributed by atoms with Gasteiger partial charge in [0.25, 0.3) is 5.56 Å². The van der Waals surface area contributed by atoms with Crippen molar-refractivity contribution in [1.29, 1.82) is 0 Å². The van der Waals surface area contributed by atoms with Gasteiger partial charge in [0.05, 0.1) is 29.6 Å². The molecule has 0 saturated heterocycles. The number of nitrogens with zero attached hydrogens (tertiary/aromatic N) is 2. The van der Waals surface area contributed by atoms with Gasteiger partial charge in [-0.1, -0.05) is 48.2 Å². The lowest BCUT2D eigenvalue weighted by Gasteiger charge is -2.24. The quantitative estimate of drug-likeness (QED) is 0.250. The minimum Gasteiger partial charge on any atom is -0.497 e. The van der Waals surface area contributed by atoms with Gasteiger partial charge in [0.2, 0.25) is 0 Å². The fourth-order valence-electron chi connectivity index (χ4n) is 4.38. The minimum absolute atomic E-state index is 0.0146. The maximum atomic E-state index is 13.8. The number of thiophene rings is 1. The largest absolute Gasteiger partial charge is 0.497 e. The highest BCUT2D eigenvalue weighted by atomic mass is 32.2. The zero-order valence-corrected chi connectivity index (χ0v) is 20.2. The summed E-state index contributed by atoms with van der Waals surface area (Å²) in [4.78, 5) is 22.5. The summed E-state index contributed by atoms with van der Waals surface area (Å²) in [5.74, 6) is 1.45. The van der Waals surface area contributed by atoms with Crippen LogP contribution in [0.15, 0.2) is 77.2 Å². The average molecular weight is 477 g/mol. The molecule has 1 unspecified atom stereocenters. The van der Waals surface area contributed by atoms with Crippen molar-refractivity contribution in [2.24, 2.45) is 0 Å². The number of hydrogen-bond acceptors (Lipinski definition) is 5. The van der Waals surface area contributed by atoms with Gasteiger partial charge >= 0.3 is 0 Å².